The minimum Gasteiger partial charge on any atom is -0.304 e. The van der Waals surface area contributed by atoms with Gasteiger partial charge in [0.05, 0.1) is 0 Å². The van der Waals surface area contributed by atoms with Gasteiger partial charge in [-0.1, -0.05) is 0 Å². The molecular formula is C17H36N4. The van der Waals surface area contributed by atoms with E-state index in [1.54, 1.807) is 0 Å². The Morgan fingerprint density at radius 3 is 1.90 bits per heavy atom. The van der Waals surface area contributed by atoms with Crippen LogP contribution < -0.4 is 0 Å². The summed E-state index contributed by atoms with van der Waals surface area (Å²) in [6.45, 7) is 18.4. The Balaban J connectivity index is 1.57. The molecule has 2 rings (SSSR count). The number of nitrogens with zero attached hydrogens (tertiary/aromatic N) is 4. The summed E-state index contributed by atoms with van der Waals surface area (Å²) in [6, 6.07) is 1.47. The molecule has 0 amide bonds. The van der Waals surface area contributed by atoms with Crippen molar-refractivity contribution < 1.29 is 0 Å². The van der Waals surface area contributed by atoms with Crippen molar-refractivity contribution in [1.82, 2.24) is 19.6 Å². The van der Waals surface area contributed by atoms with E-state index in [2.05, 4.69) is 47.4 Å². The second kappa shape index (κ2) is 8.47. The molecule has 0 N–H and O–H groups in total. The molecule has 2 aliphatic heterocycles. The van der Waals surface area contributed by atoms with Crippen molar-refractivity contribution in [1.29, 1.82) is 0 Å². The van der Waals surface area contributed by atoms with E-state index >= 15 is 0 Å². The zero-order valence-corrected chi connectivity index (χ0v) is 14.7. The summed E-state index contributed by atoms with van der Waals surface area (Å²) in [5.41, 5.74) is 0. The molecule has 0 radical (unpaired) electrons. The molecule has 1 atom stereocenters. The molecule has 1 unspecified atom stereocenters. The molecule has 2 aliphatic rings. The van der Waals surface area contributed by atoms with Crippen molar-refractivity contribution >= 4 is 0 Å². The van der Waals surface area contributed by atoms with E-state index in [4.69, 9.17) is 0 Å². The number of rotatable bonds is 6. The summed E-state index contributed by atoms with van der Waals surface area (Å²) in [4.78, 5) is 10.4. The highest BCUT2D eigenvalue weighted by atomic mass is 15.3. The van der Waals surface area contributed by atoms with Crippen molar-refractivity contribution in [2.24, 2.45) is 0 Å². The predicted molar refractivity (Wildman–Crippen MR) is 90.9 cm³/mol. The number of hydrogen-bond donors (Lipinski definition) is 0. The van der Waals surface area contributed by atoms with Gasteiger partial charge in [-0.3, -0.25) is 9.80 Å². The van der Waals surface area contributed by atoms with Gasteiger partial charge in [-0.05, 0) is 47.2 Å². The summed E-state index contributed by atoms with van der Waals surface area (Å²) in [6.07, 6.45) is 2.71. The van der Waals surface area contributed by atoms with Crippen LogP contribution >= 0.6 is 0 Å². The zero-order chi connectivity index (χ0) is 15.2. The highest BCUT2D eigenvalue weighted by Gasteiger charge is 2.20. The van der Waals surface area contributed by atoms with Crippen LogP contribution in [0.5, 0.6) is 0 Å². The third-order valence-electron chi connectivity index (χ3n) is 5.39. The quantitative estimate of drug-likeness (QED) is 0.735. The van der Waals surface area contributed by atoms with E-state index in [1.165, 1.54) is 71.7 Å². The largest absolute Gasteiger partial charge is 0.304 e. The summed E-state index contributed by atoms with van der Waals surface area (Å²) in [7, 11) is 2.23. The van der Waals surface area contributed by atoms with E-state index < -0.39 is 0 Å². The number of piperazine rings is 2. The van der Waals surface area contributed by atoms with Crippen LogP contribution in [0.15, 0.2) is 0 Å². The van der Waals surface area contributed by atoms with Gasteiger partial charge in [-0.25, -0.2) is 0 Å². The Morgan fingerprint density at radius 2 is 1.33 bits per heavy atom. The highest BCUT2D eigenvalue weighted by Crippen LogP contribution is 2.12. The maximum absolute atomic E-state index is 2.68. The Bertz CT molecular complexity index is 279. The molecule has 4 nitrogen and oxygen atoms in total. The van der Waals surface area contributed by atoms with Gasteiger partial charge in [0.25, 0.3) is 0 Å². The fourth-order valence-corrected chi connectivity index (χ4v) is 3.56. The topological polar surface area (TPSA) is 13.0 Å². The molecule has 0 aromatic heterocycles. The van der Waals surface area contributed by atoms with Crippen molar-refractivity contribution in [2.45, 2.75) is 45.7 Å². The molecule has 0 aromatic carbocycles. The van der Waals surface area contributed by atoms with Crippen LogP contribution in [-0.4, -0.2) is 97.6 Å². The van der Waals surface area contributed by atoms with Crippen molar-refractivity contribution in [3.8, 4) is 0 Å². The molecule has 124 valence electrons. The molecule has 0 bridgehead atoms. The van der Waals surface area contributed by atoms with Gasteiger partial charge in [-0.15, -0.1) is 0 Å². The molecule has 0 aromatic rings. The lowest BCUT2D eigenvalue weighted by Gasteiger charge is -2.38. The second-order valence-corrected chi connectivity index (χ2v) is 7.30. The second-order valence-electron chi connectivity index (χ2n) is 7.30. The van der Waals surface area contributed by atoms with Crippen LogP contribution in [0.4, 0.5) is 0 Å². The minimum absolute atomic E-state index is 0.712. The van der Waals surface area contributed by atoms with Crippen LogP contribution in [0.1, 0.15) is 33.6 Å². The molecule has 0 spiro atoms. The van der Waals surface area contributed by atoms with E-state index in [0.29, 0.717) is 6.04 Å². The standard InChI is InChI=1S/C17H36N4/c1-16(2)20-14-10-19(11-15-20)7-5-6-17(3)21-12-8-18(4)9-13-21/h16-17H,5-15H2,1-4H3. The SMILES string of the molecule is CC(C)N1CCN(CCCC(C)N2CCN(C)CC2)CC1. The van der Waals surface area contributed by atoms with Crippen molar-refractivity contribution in [3.63, 3.8) is 0 Å². The molecule has 0 saturated carbocycles. The smallest absolute Gasteiger partial charge is 0.0113 e. The van der Waals surface area contributed by atoms with E-state index in [0.717, 1.165) is 6.04 Å². The van der Waals surface area contributed by atoms with Crippen LogP contribution in [0, 0.1) is 0 Å². The normalized spacial score (nSPS) is 25.6. The molecule has 0 aliphatic carbocycles. The summed E-state index contributed by atoms with van der Waals surface area (Å²) < 4.78 is 0. The summed E-state index contributed by atoms with van der Waals surface area (Å²) in [5, 5.41) is 0. The Kier molecular flexibility index (Phi) is 6.93. The molecular weight excluding hydrogens is 260 g/mol. The fraction of sp³-hybridized carbons (Fsp3) is 1.00. The Labute approximate surface area is 132 Å². The first kappa shape index (κ1) is 17.2. The highest BCUT2D eigenvalue weighted by molar-refractivity contribution is 4.77. The minimum atomic E-state index is 0.712. The zero-order valence-electron chi connectivity index (χ0n) is 14.7. The van der Waals surface area contributed by atoms with E-state index in [9.17, 15) is 0 Å². The van der Waals surface area contributed by atoms with Gasteiger partial charge >= 0.3 is 0 Å². The lowest BCUT2D eigenvalue weighted by molar-refractivity contribution is 0.0956. The molecule has 21 heavy (non-hydrogen) atoms. The fourth-order valence-electron chi connectivity index (χ4n) is 3.56. The molecule has 2 heterocycles. The van der Waals surface area contributed by atoms with Crippen LogP contribution in [-0.2, 0) is 0 Å². The molecule has 4 heteroatoms. The predicted octanol–water partition coefficient (Wildman–Crippen LogP) is 1.43. The first-order valence-electron chi connectivity index (χ1n) is 8.95. The van der Waals surface area contributed by atoms with Gasteiger partial charge in [0, 0.05) is 64.4 Å². The summed E-state index contributed by atoms with van der Waals surface area (Å²) >= 11 is 0. The number of hydrogen-bond acceptors (Lipinski definition) is 4. The maximum atomic E-state index is 2.68. The third-order valence-corrected chi connectivity index (χ3v) is 5.39. The van der Waals surface area contributed by atoms with Crippen LogP contribution in [0.25, 0.3) is 0 Å². The van der Waals surface area contributed by atoms with Crippen LogP contribution in [0.3, 0.4) is 0 Å². The average Bonchev–Trinajstić information content (AvgIpc) is 2.48. The Morgan fingerprint density at radius 1 is 0.762 bits per heavy atom. The van der Waals surface area contributed by atoms with Crippen LogP contribution in [0.2, 0.25) is 0 Å². The Hall–Kier alpha value is -0.160. The first-order chi connectivity index (χ1) is 10.1. The molecule has 2 saturated heterocycles. The van der Waals surface area contributed by atoms with E-state index in [1.807, 2.05) is 0 Å². The lowest BCUT2D eigenvalue weighted by Crippen LogP contribution is -2.49. The van der Waals surface area contributed by atoms with Crippen molar-refractivity contribution in [2.75, 3.05) is 66.0 Å². The number of likely N-dealkylation sites (N-methyl/N-ethyl adjacent to an activating group) is 1. The van der Waals surface area contributed by atoms with Gasteiger partial charge in [-0.2, -0.15) is 0 Å². The van der Waals surface area contributed by atoms with Gasteiger partial charge in [0.2, 0.25) is 0 Å². The van der Waals surface area contributed by atoms with Gasteiger partial charge < -0.3 is 9.80 Å². The van der Waals surface area contributed by atoms with Gasteiger partial charge in [0.15, 0.2) is 0 Å². The third kappa shape index (κ3) is 5.51. The first-order valence-corrected chi connectivity index (χ1v) is 8.95. The molecule has 2 fully saturated rings. The van der Waals surface area contributed by atoms with E-state index in [-0.39, 0.29) is 0 Å². The summed E-state index contributed by atoms with van der Waals surface area (Å²) in [5.74, 6) is 0. The van der Waals surface area contributed by atoms with Crippen molar-refractivity contribution in [3.05, 3.63) is 0 Å². The van der Waals surface area contributed by atoms with Gasteiger partial charge in [0.1, 0.15) is 0 Å². The lowest BCUT2D eigenvalue weighted by atomic mass is 10.1. The maximum Gasteiger partial charge on any atom is 0.0113 e. The average molecular weight is 297 g/mol. The monoisotopic (exact) mass is 296 g/mol.